The Morgan fingerprint density at radius 3 is 2.31 bits per heavy atom. The van der Waals surface area contributed by atoms with Gasteiger partial charge >= 0.3 is 0 Å². The van der Waals surface area contributed by atoms with Gasteiger partial charge in [-0.3, -0.25) is 19.6 Å². The van der Waals surface area contributed by atoms with Crippen molar-refractivity contribution in [3.05, 3.63) is 69.7 Å². The van der Waals surface area contributed by atoms with Crippen molar-refractivity contribution in [2.75, 3.05) is 10.6 Å². The molecular weight excluding hydrogens is 496 g/mol. The Bertz CT molecular complexity index is 1330. The number of aromatic nitrogens is 6. The Labute approximate surface area is 215 Å². The van der Waals surface area contributed by atoms with Crippen LogP contribution in [0.2, 0.25) is 0 Å². The molecule has 0 aliphatic heterocycles. The van der Waals surface area contributed by atoms with E-state index in [0.29, 0.717) is 27.8 Å². The van der Waals surface area contributed by atoms with Gasteiger partial charge in [0.15, 0.2) is 0 Å². The van der Waals surface area contributed by atoms with E-state index < -0.39 is 0 Å². The van der Waals surface area contributed by atoms with Crippen LogP contribution in [0.25, 0.3) is 0 Å². The van der Waals surface area contributed by atoms with Crippen molar-refractivity contribution in [3.63, 3.8) is 0 Å². The van der Waals surface area contributed by atoms with Crippen molar-refractivity contribution in [2.24, 2.45) is 5.92 Å². The maximum absolute atomic E-state index is 12.3. The van der Waals surface area contributed by atoms with Crippen LogP contribution in [0.3, 0.4) is 0 Å². The fraction of sp³-hybridized carbons (Fsp3) is 0.333. The van der Waals surface area contributed by atoms with Crippen LogP contribution < -0.4 is 10.6 Å². The van der Waals surface area contributed by atoms with Crippen LogP contribution in [0.5, 0.6) is 0 Å². The van der Waals surface area contributed by atoms with Crippen LogP contribution in [0.4, 0.5) is 10.3 Å². The molecule has 1 aliphatic carbocycles. The SMILES string of the molecule is Cc1ccc(CC(=O)Nc2nnc(CC3CC(c4nnc(NC(=O)Cc5ccccn5)s4)C3)s2)nc1. The number of rotatable bonds is 9. The van der Waals surface area contributed by atoms with Crippen molar-refractivity contribution in [2.45, 2.75) is 44.9 Å². The fourth-order valence-electron chi connectivity index (χ4n) is 3.95. The molecule has 4 aromatic rings. The van der Waals surface area contributed by atoms with Gasteiger partial charge in [0.25, 0.3) is 0 Å². The molecule has 0 radical (unpaired) electrons. The van der Waals surface area contributed by atoms with Gasteiger partial charge in [-0.05, 0) is 49.4 Å². The van der Waals surface area contributed by atoms with Crippen molar-refractivity contribution in [3.8, 4) is 0 Å². The van der Waals surface area contributed by atoms with Gasteiger partial charge in [-0.25, -0.2) is 0 Å². The van der Waals surface area contributed by atoms with Crippen LogP contribution in [-0.2, 0) is 28.9 Å². The second kappa shape index (κ2) is 11.0. The number of pyridine rings is 2. The Morgan fingerprint density at radius 1 is 0.889 bits per heavy atom. The summed E-state index contributed by atoms with van der Waals surface area (Å²) in [6, 6.07) is 9.28. The summed E-state index contributed by atoms with van der Waals surface area (Å²) in [7, 11) is 0. The smallest absolute Gasteiger partial charge is 0.232 e. The van der Waals surface area contributed by atoms with Crippen LogP contribution in [0.1, 0.15) is 45.7 Å². The van der Waals surface area contributed by atoms with E-state index in [1.807, 2.05) is 37.3 Å². The maximum Gasteiger partial charge on any atom is 0.232 e. The largest absolute Gasteiger partial charge is 0.300 e. The minimum Gasteiger partial charge on any atom is -0.300 e. The molecule has 0 aromatic carbocycles. The minimum atomic E-state index is -0.156. The third-order valence-corrected chi connectivity index (χ3v) is 7.69. The summed E-state index contributed by atoms with van der Waals surface area (Å²) in [6.45, 7) is 1.96. The molecule has 12 heteroatoms. The molecule has 0 bridgehead atoms. The number of aryl methyl sites for hydroxylation is 1. The van der Waals surface area contributed by atoms with Crippen LogP contribution in [-0.4, -0.2) is 42.2 Å². The molecule has 2 N–H and O–H groups in total. The summed E-state index contributed by atoms with van der Waals surface area (Å²) in [6.07, 6.45) is 6.60. The normalized spacial score (nSPS) is 16.8. The van der Waals surface area contributed by atoms with E-state index in [9.17, 15) is 9.59 Å². The third-order valence-electron chi connectivity index (χ3n) is 5.83. The van der Waals surface area contributed by atoms with E-state index in [2.05, 4.69) is 41.0 Å². The number of nitrogens with zero attached hydrogens (tertiary/aromatic N) is 6. The van der Waals surface area contributed by atoms with Gasteiger partial charge in [-0.15, -0.1) is 20.4 Å². The topological polar surface area (TPSA) is 136 Å². The number of nitrogens with one attached hydrogen (secondary N) is 2. The summed E-state index contributed by atoms with van der Waals surface area (Å²) in [4.78, 5) is 32.9. The van der Waals surface area contributed by atoms with Gasteiger partial charge in [-0.1, -0.05) is 34.8 Å². The van der Waals surface area contributed by atoms with Crippen molar-refractivity contribution in [1.29, 1.82) is 0 Å². The quantitative estimate of drug-likeness (QED) is 0.342. The van der Waals surface area contributed by atoms with Gasteiger partial charge in [0, 0.05) is 36.1 Å². The molecule has 2 amide bonds. The number of carbonyl (C=O) groups excluding carboxylic acids is 2. The number of hydrogen-bond donors (Lipinski definition) is 2. The molecular formula is C24H24N8O2S2. The molecule has 1 aliphatic rings. The first-order valence-electron chi connectivity index (χ1n) is 11.6. The van der Waals surface area contributed by atoms with E-state index >= 15 is 0 Å². The molecule has 0 unspecified atom stereocenters. The van der Waals surface area contributed by atoms with Gasteiger partial charge in [0.05, 0.1) is 12.8 Å². The molecule has 5 rings (SSSR count). The van der Waals surface area contributed by atoms with Crippen LogP contribution in [0, 0.1) is 12.8 Å². The highest BCUT2D eigenvalue weighted by Gasteiger charge is 2.33. The predicted molar refractivity (Wildman–Crippen MR) is 137 cm³/mol. The van der Waals surface area contributed by atoms with Gasteiger partial charge < -0.3 is 10.6 Å². The average Bonchev–Trinajstić information content (AvgIpc) is 3.47. The van der Waals surface area contributed by atoms with E-state index in [0.717, 1.165) is 40.5 Å². The summed E-state index contributed by atoms with van der Waals surface area (Å²) < 4.78 is 0. The third kappa shape index (κ3) is 6.32. The highest BCUT2D eigenvalue weighted by atomic mass is 32.1. The minimum absolute atomic E-state index is 0.155. The number of carbonyl (C=O) groups is 2. The molecule has 1 fully saturated rings. The summed E-state index contributed by atoms with van der Waals surface area (Å²) >= 11 is 2.83. The zero-order chi connectivity index (χ0) is 24.9. The van der Waals surface area contributed by atoms with E-state index in [1.165, 1.54) is 22.7 Å². The van der Waals surface area contributed by atoms with Crippen molar-refractivity contribution >= 4 is 44.8 Å². The predicted octanol–water partition coefficient (Wildman–Crippen LogP) is 3.59. The molecule has 0 saturated heterocycles. The lowest BCUT2D eigenvalue weighted by atomic mass is 9.74. The molecule has 1 saturated carbocycles. The molecule has 10 nitrogen and oxygen atoms in total. The molecule has 184 valence electrons. The Balaban J connectivity index is 1.05. The second-order valence-corrected chi connectivity index (χ2v) is 10.9. The Kier molecular flexibility index (Phi) is 7.33. The van der Waals surface area contributed by atoms with Gasteiger partial charge in [0.1, 0.15) is 10.0 Å². The van der Waals surface area contributed by atoms with Gasteiger partial charge in [0.2, 0.25) is 22.1 Å². The van der Waals surface area contributed by atoms with Crippen LogP contribution >= 0.6 is 22.7 Å². The fourth-order valence-corrected chi connectivity index (χ4v) is 5.71. The summed E-state index contributed by atoms with van der Waals surface area (Å²) in [5.74, 6) is 0.506. The summed E-state index contributed by atoms with van der Waals surface area (Å²) in [5.41, 5.74) is 2.49. The lowest BCUT2D eigenvalue weighted by molar-refractivity contribution is -0.116. The van der Waals surface area contributed by atoms with Gasteiger partial charge in [-0.2, -0.15) is 0 Å². The first-order chi connectivity index (χ1) is 17.5. The number of anilines is 2. The lowest BCUT2D eigenvalue weighted by Crippen LogP contribution is -2.23. The standard InChI is InChI=1S/C24H24N8O2S2/c1-14-5-6-18(26-13-14)12-20(34)27-23-31-29-21(35-23)10-15-8-16(9-15)22-30-32-24(36-22)28-19(33)11-17-4-2-3-7-25-17/h2-7,13,15-16H,8-12H2,1H3,(H,27,31,34)(H,28,32,33). The van der Waals surface area contributed by atoms with E-state index in [4.69, 9.17) is 0 Å². The zero-order valence-electron chi connectivity index (χ0n) is 19.5. The maximum atomic E-state index is 12.3. The lowest BCUT2D eigenvalue weighted by Gasteiger charge is -2.32. The molecule has 4 aromatic heterocycles. The molecule has 4 heterocycles. The van der Waals surface area contributed by atoms with Crippen molar-refractivity contribution in [1.82, 2.24) is 30.4 Å². The number of amides is 2. The van der Waals surface area contributed by atoms with E-state index in [-0.39, 0.29) is 24.7 Å². The molecule has 36 heavy (non-hydrogen) atoms. The monoisotopic (exact) mass is 520 g/mol. The second-order valence-electron chi connectivity index (χ2n) is 8.78. The average molecular weight is 521 g/mol. The van der Waals surface area contributed by atoms with E-state index in [1.54, 1.807) is 12.4 Å². The molecule has 0 spiro atoms. The zero-order valence-corrected chi connectivity index (χ0v) is 21.2. The van der Waals surface area contributed by atoms with Crippen LogP contribution in [0.15, 0.2) is 42.7 Å². The molecule has 0 atom stereocenters. The first-order valence-corrected chi connectivity index (χ1v) is 13.2. The first kappa shape index (κ1) is 24.1. The summed E-state index contributed by atoms with van der Waals surface area (Å²) in [5, 5.41) is 25.2. The highest BCUT2D eigenvalue weighted by Crippen LogP contribution is 2.44. The highest BCUT2D eigenvalue weighted by molar-refractivity contribution is 7.15. The number of hydrogen-bond acceptors (Lipinski definition) is 10. The van der Waals surface area contributed by atoms with Crippen molar-refractivity contribution < 1.29 is 9.59 Å². The Hall–Kier alpha value is -3.64. The Morgan fingerprint density at radius 2 is 1.61 bits per heavy atom.